The van der Waals surface area contributed by atoms with Gasteiger partial charge < -0.3 is 0 Å². The fraction of sp³-hybridized carbons (Fsp3) is 0. The Morgan fingerprint density at radius 3 is 0.632 bits per heavy atom. The van der Waals surface area contributed by atoms with E-state index in [1.54, 1.807) is 0 Å². The summed E-state index contributed by atoms with van der Waals surface area (Å²) in [5.74, 6) is 0. The van der Waals surface area contributed by atoms with Crippen molar-refractivity contribution in [2.45, 2.75) is 0 Å². The summed E-state index contributed by atoms with van der Waals surface area (Å²) in [5, 5.41) is 0. The van der Waals surface area contributed by atoms with Gasteiger partial charge in [-0.1, -0.05) is 0 Å². The third-order valence-electron chi connectivity index (χ3n) is 0.518. The Morgan fingerprint density at radius 2 is 0.526 bits per heavy atom. The Bertz CT molecular complexity index is 382. The number of hydrogen-bond donors (Lipinski definition) is 0. The van der Waals surface area contributed by atoms with E-state index in [-0.39, 0.29) is 2.93 Å². The number of halogens is 14. The zero-order valence-electron chi connectivity index (χ0n) is 7.33. The summed E-state index contributed by atoms with van der Waals surface area (Å²) in [4.78, 5) is 0. The molecule has 0 heterocycles. The maximum absolute atomic E-state index is 13.7. The first-order chi connectivity index (χ1) is 6.87. The van der Waals surface area contributed by atoms with E-state index in [0.717, 1.165) is 0 Å². The zero-order chi connectivity index (χ0) is 16.6. The van der Waals surface area contributed by atoms with Gasteiger partial charge in [-0.05, 0) is 0 Å². The van der Waals surface area contributed by atoms with Gasteiger partial charge >= 0.3 is 99.3 Å². The van der Waals surface area contributed by atoms with Crippen LogP contribution in [0.25, 0.3) is 0 Å². The van der Waals surface area contributed by atoms with Crippen molar-refractivity contribution >= 4 is 55.9 Å². The third kappa shape index (κ3) is 12.7. The fourth-order valence-corrected chi connectivity index (χ4v) is 25.6. The molecule has 0 aliphatic carbocycles. The first-order valence-corrected chi connectivity index (χ1v) is 19.0. The minimum atomic E-state index is -13.7. The molecule has 0 aliphatic heterocycles. The molecular weight excluding hydrogens is 681 g/mol. The van der Waals surface area contributed by atoms with Crippen molar-refractivity contribution in [1.29, 1.82) is 0 Å². The second-order valence-corrected chi connectivity index (χ2v) is 24.4. The van der Waals surface area contributed by atoms with E-state index in [1.165, 1.54) is 0 Å². The van der Waals surface area contributed by atoms with Crippen LogP contribution >= 0.6 is 0 Å². The van der Waals surface area contributed by atoms with Gasteiger partial charge in [0.05, 0.1) is 0 Å². The van der Waals surface area contributed by atoms with E-state index < -0.39 is 55.9 Å². The van der Waals surface area contributed by atoms with Crippen LogP contribution in [0.1, 0.15) is 0 Å². The molecule has 0 saturated carbocycles. The molecule has 2 nitrogen and oxygen atoms in total. The van der Waals surface area contributed by atoms with Gasteiger partial charge in [-0.15, -0.1) is 0 Å². The van der Waals surface area contributed by atoms with Crippen molar-refractivity contribution in [1.82, 2.24) is 0 Å². The molecule has 0 amide bonds. The zero-order valence-corrected chi connectivity index (χ0v) is 14.3. The van der Waals surface area contributed by atoms with Crippen molar-refractivity contribution in [3.63, 3.8) is 0 Å². The molecule has 0 aliphatic rings. The topological polar surface area (TPSA) is 18.5 Å². The second kappa shape index (κ2) is 2.77. The van der Waals surface area contributed by atoms with Crippen molar-refractivity contribution in [3.8, 4) is 0 Å². The Morgan fingerprint density at radius 1 is 0.368 bits per heavy atom. The fourth-order valence-electron chi connectivity index (χ4n) is 0.505. The molecule has 19 heavy (non-hydrogen) atoms. The van der Waals surface area contributed by atoms with Crippen LogP contribution in [-0.2, 0) is 2.93 Å². The Kier molecular flexibility index (Phi) is 2.96. The van der Waals surface area contributed by atoms with Gasteiger partial charge in [-0.25, -0.2) is 0 Å². The van der Waals surface area contributed by atoms with Gasteiger partial charge in [-0.3, -0.25) is 0 Å². The van der Waals surface area contributed by atoms with Crippen LogP contribution in [0.5, 0.6) is 0 Å². The van der Waals surface area contributed by atoms with Gasteiger partial charge in [-0.2, -0.15) is 0 Å². The predicted molar refractivity (Wildman–Crippen MR) is 34.9 cm³/mol. The molecule has 19 heteroatoms. The van der Waals surface area contributed by atoms with Crippen LogP contribution in [-0.4, -0.2) is 55.9 Å². The van der Waals surface area contributed by atoms with Crippen molar-refractivity contribution in [3.05, 3.63) is 0 Å². The Hall–Kier alpha value is 1.31. The van der Waals surface area contributed by atoms with Crippen LogP contribution in [0.2, 0.25) is 0 Å². The summed E-state index contributed by atoms with van der Waals surface area (Å²) in [6, 6.07) is 0. The molecule has 0 spiro atoms. The molecule has 0 atom stereocenters. The monoisotopic (exact) mass is 688 g/mol. The van der Waals surface area contributed by atoms with E-state index in [4.69, 9.17) is 0 Å². The standard InChI is InChI=1S/F14O2Te3/c1-17(2,3,4,5)15-19(11,12,13,14)16-18(6,7,8,9)10. The molecule has 0 aromatic rings. The summed E-state index contributed by atoms with van der Waals surface area (Å²) < 4.78 is 160. The van der Waals surface area contributed by atoms with E-state index >= 15 is 0 Å². The predicted octanol–water partition coefficient (Wildman–Crippen LogP) is 4.60. The van der Waals surface area contributed by atoms with Crippen molar-refractivity contribution in [2.75, 3.05) is 0 Å². The first kappa shape index (κ1) is 20.3. The normalized spacial score (nSPS) is 26.2. The van der Waals surface area contributed by atoms with Crippen molar-refractivity contribution < 1.29 is 43.4 Å². The molecule has 0 aromatic heterocycles. The minimum absolute atomic E-state index is 0.115. The van der Waals surface area contributed by atoms with E-state index in [9.17, 15) is 40.5 Å². The SMILES string of the molecule is F[Te](F)(F)(F)(F)O[Te](F)(F)(F)(F)O[Te](F)(F)(F)(F)F. The number of hydrogen-bond acceptors (Lipinski definition) is 2. The molecule has 0 aromatic carbocycles. The molecular formula is F14O2Te3. The van der Waals surface area contributed by atoms with Gasteiger partial charge in [0.25, 0.3) is 0 Å². The van der Waals surface area contributed by atoms with E-state index in [0.29, 0.717) is 0 Å². The van der Waals surface area contributed by atoms with Gasteiger partial charge in [0.2, 0.25) is 0 Å². The van der Waals surface area contributed by atoms with Crippen LogP contribution in [0, 0.1) is 0 Å². The average molecular weight is 681 g/mol. The molecule has 0 fully saturated rings. The van der Waals surface area contributed by atoms with Crippen LogP contribution < -0.4 is 0 Å². The molecule has 0 radical (unpaired) electrons. The summed E-state index contributed by atoms with van der Waals surface area (Å²) in [7, 11) is 0. The van der Waals surface area contributed by atoms with E-state index in [1.807, 2.05) is 0 Å². The van der Waals surface area contributed by atoms with Crippen LogP contribution in [0.15, 0.2) is 0 Å². The molecule has 0 rings (SSSR count). The maximum atomic E-state index is 11.9. The van der Waals surface area contributed by atoms with Gasteiger partial charge in [0, 0.05) is 0 Å². The summed E-state index contributed by atoms with van der Waals surface area (Å²) in [5.41, 5.74) is 0. The summed E-state index contributed by atoms with van der Waals surface area (Å²) in [6.45, 7) is 0. The van der Waals surface area contributed by atoms with Gasteiger partial charge in [0.15, 0.2) is 0 Å². The number of rotatable bonds is 4. The molecule has 0 saturated heterocycles. The van der Waals surface area contributed by atoms with Crippen LogP contribution in [0.3, 0.4) is 0 Å². The van der Waals surface area contributed by atoms with Crippen LogP contribution in [0.4, 0.5) is 40.5 Å². The molecule has 0 unspecified atom stereocenters. The summed E-state index contributed by atoms with van der Waals surface area (Å²) >= 11 is -40.2. The molecule has 0 bridgehead atoms. The van der Waals surface area contributed by atoms with Crippen molar-refractivity contribution in [2.24, 2.45) is 0 Å². The quantitative estimate of drug-likeness (QED) is 0.320. The first-order valence-electron chi connectivity index (χ1n) is 2.83. The Balaban J connectivity index is 6.11. The average Bonchev–Trinajstić information content (AvgIpc) is 1.21. The molecule has 0 N–H and O–H groups in total. The second-order valence-electron chi connectivity index (χ2n) is 2.85. The Labute approximate surface area is 98.6 Å². The molecule has 128 valence electrons. The summed E-state index contributed by atoms with van der Waals surface area (Å²) in [6.07, 6.45) is 0. The third-order valence-corrected chi connectivity index (χ3v) is 23.3. The van der Waals surface area contributed by atoms with Gasteiger partial charge in [0.1, 0.15) is 0 Å². The van der Waals surface area contributed by atoms with E-state index in [2.05, 4.69) is 0 Å².